The van der Waals surface area contributed by atoms with Gasteiger partial charge in [0.15, 0.2) is 0 Å². The summed E-state index contributed by atoms with van der Waals surface area (Å²) >= 11 is 0. The SMILES string of the molecule is CCC(CCN([O-])OC(C)(C)C(C)C)C(C)CC1OC1(N)CC. The Bertz CT molecular complexity index is 362. The zero-order valence-electron chi connectivity index (χ0n) is 16.1. The number of hydroxylamine groups is 2. The minimum atomic E-state index is -0.433. The van der Waals surface area contributed by atoms with E-state index in [1.165, 1.54) is 0 Å². The summed E-state index contributed by atoms with van der Waals surface area (Å²) in [5.41, 5.74) is 5.26. The van der Waals surface area contributed by atoms with Crippen LogP contribution in [0.5, 0.6) is 0 Å². The van der Waals surface area contributed by atoms with Gasteiger partial charge in [0.1, 0.15) is 11.8 Å². The first-order valence-electron chi connectivity index (χ1n) is 9.16. The molecule has 1 rings (SSSR count). The Balaban J connectivity index is 2.38. The molecule has 0 aromatic heterocycles. The van der Waals surface area contributed by atoms with Crippen LogP contribution in [-0.2, 0) is 9.57 Å². The fraction of sp³-hybridized carbons (Fsp3) is 1.00. The molecule has 1 fully saturated rings. The number of rotatable bonds is 11. The van der Waals surface area contributed by atoms with E-state index in [-0.39, 0.29) is 6.10 Å². The second-order valence-corrected chi connectivity index (χ2v) is 7.99. The van der Waals surface area contributed by atoms with Gasteiger partial charge in [0.2, 0.25) is 0 Å². The second kappa shape index (κ2) is 8.26. The normalized spacial score (nSPS) is 27.5. The fourth-order valence-electron chi connectivity index (χ4n) is 2.90. The molecule has 0 radical (unpaired) electrons. The lowest BCUT2D eigenvalue weighted by molar-refractivity contribution is -0.223. The van der Waals surface area contributed by atoms with Crippen molar-refractivity contribution in [3.05, 3.63) is 5.21 Å². The van der Waals surface area contributed by atoms with Crippen molar-refractivity contribution in [2.75, 3.05) is 6.54 Å². The van der Waals surface area contributed by atoms with Gasteiger partial charge in [-0.25, -0.2) is 0 Å². The molecule has 5 nitrogen and oxygen atoms in total. The molecule has 138 valence electrons. The number of nitrogens with zero attached hydrogens (tertiary/aromatic N) is 1. The molecule has 0 aliphatic carbocycles. The summed E-state index contributed by atoms with van der Waals surface area (Å²) in [5.74, 6) is 1.27. The standard InChI is InChI=1S/C18H37N2O3/c1-8-15(14(5)12-16-18(19,9-2)22-16)10-11-20(21)23-17(6,7)13(3)4/h13-16H,8-12,19H2,1-7H3/q-1. The van der Waals surface area contributed by atoms with E-state index in [9.17, 15) is 5.21 Å². The molecular formula is C18H37N2O3-. The van der Waals surface area contributed by atoms with Gasteiger partial charge >= 0.3 is 0 Å². The van der Waals surface area contributed by atoms with Gasteiger partial charge in [-0.05, 0) is 50.9 Å². The summed E-state index contributed by atoms with van der Waals surface area (Å²) in [6.45, 7) is 14.9. The zero-order chi connectivity index (χ0) is 17.8. The Hall–Kier alpha value is -0.200. The average molecular weight is 330 g/mol. The van der Waals surface area contributed by atoms with Crippen molar-refractivity contribution in [1.29, 1.82) is 0 Å². The third-order valence-corrected chi connectivity index (χ3v) is 5.73. The first kappa shape index (κ1) is 20.8. The van der Waals surface area contributed by atoms with Gasteiger partial charge in [0.25, 0.3) is 0 Å². The highest BCUT2D eigenvalue weighted by Gasteiger charge is 2.52. The first-order valence-corrected chi connectivity index (χ1v) is 9.16. The van der Waals surface area contributed by atoms with Crippen LogP contribution >= 0.6 is 0 Å². The maximum Gasteiger partial charge on any atom is 0.143 e. The Kier molecular flexibility index (Phi) is 7.48. The zero-order valence-corrected chi connectivity index (χ0v) is 16.1. The van der Waals surface area contributed by atoms with Gasteiger partial charge in [0.05, 0.1) is 5.60 Å². The molecule has 0 saturated carbocycles. The molecule has 4 unspecified atom stereocenters. The van der Waals surface area contributed by atoms with E-state index in [1.54, 1.807) is 0 Å². The quantitative estimate of drug-likeness (QED) is 0.457. The highest BCUT2D eigenvalue weighted by Crippen LogP contribution is 2.40. The molecule has 5 heteroatoms. The summed E-state index contributed by atoms with van der Waals surface area (Å²) in [4.78, 5) is 5.55. The lowest BCUT2D eigenvalue weighted by Crippen LogP contribution is -2.38. The van der Waals surface area contributed by atoms with E-state index in [0.717, 1.165) is 30.9 Å². The Morgan fingerprint density at radius 1 is 1.30 bits per heavy atom. The molecule has 0 bridgehead atoms. The van der Waals surface area contributed by atoms with Crippen LogP contribution in [0, 0.1) is 23.0 Å². The highest BCUT2D eigenvalue weighted by molar-refractivity contribution is 4.97. The predicted molar refractivity (Wildman–Crippen MR) is 94.3 cm³/mol. The van der Waals surface area contributed by atoms with Gasteiger partial charge in [0, 0.05) is 6.54 Å². The van der Waals surface area contributed by atoms with Crippen LogP contribution in [0.2, 0.25) is 0 Å². The lowest BCUT2D eigenvalue weighted by atomic mass is 9.84. The summed E-state index contributed by atoms with van der Waals surface area (Å²) in [6.07, 6.45) is 3.90. The monoisotopic (exact) mass is 329 g/mol. The summed E-state index contributed by atoms with van der Waals surface area (Å²) < 4.78 is 5.62. The van der Waals surface area contributed by atoms with Gasteiger partial charge < -0.3 is 20.5 Å². The van der Waals surface area contributed by atoms with Crippen LogP contribution in [0.15, 0.2) is 0 Å². The average Bonchev–Trinajstić information content (AvgIpc) is 3.09. The van der Waals surface area contributed by atoms with Crippen molar-refractivity contribution in [3.63, 3.8) is 0 Å². The molecule has 1 aliphatic heterocycles. The van der Waals surface area contributed by atoms with Gasteiger partial charge in [-0.3, -0.25) is 5.23 Å². The van der Waals surface area contributed by atoms with Gasteiger partial charge in [-0.2, -0.15) is 0 Å². The van der Waals surface area contributed by atoms with Crippen molar-refractivity contribution in [3.8, 4) is 0 Å². The molecule has 0 aromatic rings. The number of epoxide rings is 1. The predicted octanol–water partition coefficient (Wildman–Crippen LogP) is 4.06. The maximum absolute atomic E-state index is 12.0. The molecular weight excluding hydrogens is 292 g/mol. The van der Waals surface area contributed by atoms with E-state index in [1.807, 2.05) is 13.8 Å². The molecule has 0 amide bonds. The highest BCUT2D eigenvalue weighted by atomic mass is 16.9. The van der Waals surface area contributed by atoms with Crippen LogP contribution < -0.4 is 5.73 Å². The molecule has 1 heterocycles. The van der Waals surface area contributed by atoms with Gasteiger partial charge in [-0.1, -0.05) is 41.0 Å². The topological polar surface area (TPSA) is 74.1 Å². The molecule has 1 saturated heterocycles. The van der Waals surface area contributed by atoms with E-state index in [0.29, 0.717) is 24.3 Å². The van der Waals surface area contributed by atoms with Crippen molar-refractivity contribution in [2.45, 2.75) is 91.6 Å². The molecule has 4 atom stereocenters. The molecule has 23 heavy (non-hydrogen) atoms. The van der Waals surface area contributed by atoms with E-state index < -0.39 is 11.3 Å². The number of ether oxygens (including phenoxy) is 1. The molecule has 1 aliphatic rings. The minimum absolute atomic E-state index is 0.177. The van der Waals surface area contributed by atoms with Crippen molar-refractivity contribution in [2.24, 2.45) is 23.5 Å². The van der Waals surface area contributed by atoms with Crippen LogP contribution in [0.1, 0.15) is 74.1 Å². The van der Waals surface area contributed by atoms with E-state index >= 15 is 0 Å². The first-order chi connectivity index (χ1) is 10.6. The Morgan fingerprint density at radius 3 is 2.35 bits per heavy atom. The second-order valence-electron chi connectivity index (χ2n) is 7.99. The van der Waals surface area contributed by atoms with Crippen LogP contribution in [-0.4, -0.2) is 29.2 Å². The van der Waals surface area contributed by atoms with Crippen LogP contribution in [0.4, 0.5) is 0 Å². The third kappa shape index (κ3) is 5.98. The largest absolute Gasteiger partial charge is 0.762 e. The maximum atomic E-state index is 12.0. The van der Waals surface area contributed by atoms with Gasteiger partial charge in [-0.15, -0.1) is 0 Å². The number of hydrogen-bond donors (Lipinski definition) is 1. The summed E-state index contributed by atoms with van der Waals surface area (Å²) in [5, 5.41) is 12.8. The van der Waals surface area contributed by atoms with E-state index in [2.05, 4.69) is 34.6 Å². The van der Waals surface area contributed by atoms with Crippen LogP contribution in [0.3, 0.4) is 0 Å². The van der Waals surface area contributed by atoms with Crippen molar-refractivity contribution >= 4 is 0 Å². The minimum Gasteiger partial charge on any atom is -0.762 e. The Labute approximate surface area is 142 Å². The molecule has 2 N–H and O–H groups in total. The Morgan fingerprint density at radius 2 is 1.91 bits per heavy atom. The van der Waals surface area contributed by atoms with Crippen LogP contribution in [0.25, 0.3) is 0 Å². The smallest absolute Gasteiger partial charge is 0.143 e. The summed E-state index contributed by atoms with van der Waals surface area (Å²) in [6, 6.07) is 0. The lowest BCUT2D eigenvalue weighted by Gasteiger charge is -2.39. The fourth-order valence-corrected chi connectivity index (χ4v) is 2.90. The third-order valence-electron chi connectivity index (χ3n) is 5.73. The van der Waals surface area contributed by atoms with Crippen molar-refractivity contribution < 1.29 is 9.57 Å². The molecule has 0 aromatic carbocycles. The molecule has 0 spiro atoms. The van der Waals surface area contributed by atoms with Crippen molar-refractivity contribution in [1.82, 2.24) is 5.23 Å². The summed E-state index contributed by atoms with van der Waals surface area (Å²) in [7, 11) is 0. The number of nitrogens with two attached hydrogens (primary N) is 1. The number of hydrogen-bond acceptors (Lipinski definition) is 5. The van der Waals surface area contributed by atoms with E-state index in [4.69, 9.17) is 15.3 Å².